The molecule has 0 bridgehead atoms. The highest BCUT2D eigenvalue weighted by Crippen LogP contribution is 2.24. The average Bonchev–Trinajstić information content (AvgIpc) is 3.36. The quantitative estimate of drug-likeness (QED) is 0.556. The largest absolute Gasteiger partial charge is 0.342 e. The van der Waals surface area contributed by atoms with Crippen LogP contribution in [0.5, 0.6) is 0 Å². The summed E-state index contributed by atoms with van der Waals surface area (Å²) in [5.41, 5.74) is 4.03. The summed E-state index contributed by atoms with van der Waals surface area (Å²) < 4.78 is 20.3. The Balaban J connectivity index is 1.28. The number of aromatic nitrogens is 4. The molecule has 0 aliphatic carbocycles. The molecule has 1 aliphatic rings. The summed E-state index contributed by atoms with van der Waals surface area (Å²) >= 11 is 0. The van der Waals surface area contributed by atoms with Gasteiger partial charge in [0.2, 0.25) is 5.91 Å². The van der Waals surface area contributed by atoms with Crippen LogP contribution in [0.25, 0.3) is 11.5 Å². The zero-order valence-electron chi connectivity index (χ0n) is 19.0. The van der Waals surface area contributed by atoms with Crippen molar-refractivity contribution in [2.75, 3.05) is 13.1 Å². The fraction of sp³-hybridized carbons (Fsp3) is 0.500. The lowest BCUT2D eigenvalue weighted by Crippen LogP contribution is -2.40. The van der Waals surface area contributed by atoms with Crippen molar-refractivity contribution in [2.24, 2.45) is 13.0 Å². The number of benzene rings is 1. The number of likely N-dealkylation sites (tertiary alicyclic amines) is 1. The lowest BCUT2D eigenvalue weighted by Gasteiger charge is -2.32. The Morgan fingerprint density at radius 3 is 2.72 bits per heavy atom. The Bertz CT molecular complexity index is 1070. The Kier molecular flexibility index (Phi) is 6.67. The average molecular weight is 440 g/mol. The molecule has 1 fully saturated rings. The highest BCUT2D eigenvalue weighted by atomic mass is 19.1. The van der Waals surface area contributed by atoms with Gasteiger partial charge in [0.25, 0.3) is 5.89 Å². The van der Waals surface area contributed by atoms with E-state index in [0.29, 0.717) is 36.0 Å². The third-order valence-electron chi connectivity index (χ3n) is 6.45. The van der Waals surface area contributed by atoms with E-state index >= 15 is 0 Å². The van der Waals surface area contributed by atoms with Gasteiger partial charge >= 0.3 is 0 Å². The summed E-state index contributed by atoms with van der Waals surface area (Å²) in [6.45, 7) is 5.67. The molecule has 0 saturated carbocycles. The topological polar surface area (TPSA) is 77.0 Å². The molecule has 1 aromatic carbocycles. The second-order valence-electron chi connectivity index (χ2n) is 8.68. The van der Waals surface area contributed by atoms with Gasteiger partial charge in [-0.25, -0.2) is 4.39 Å². The Hall–Kier alpha value is -3.03. The maximum absolute atomic E-state index is 13.1. The third kappa shape index (κ3) is 5.06. The van der Waals surface area contributed by atoms with Gasteiger partial charge in [-0.3, -0.25) is 9.48 Å². The molecule has 4 rings (SSSR count). The Labute approximate surface area is 187 Å². The van der Waals surface area contributed by atoms with Gasteiger partial charge in [0.15, 0.2) is 5.82 Å². The zero-order chi connectivity index (χ0) is 22.7. The van der Waals surface area contributed by atoms with Crippen molar-refractivity contribution in [3.8, 4) is 11.5 Å². The summed E-state index contributed by atoms with van der Waals surface area (Å²) in [7, 11) is 1.94. The molecular weight excluding hydrogens is 409 g/mol. The number of halogens is 1. The highest BCUT2D eigenvalue weighted by molar-refractivity contribution is 5.76. The fourth-order valence-electron chi connectivity index (χ4n) is 4.49. The summed E-state index contributed by atoms with van der Waals surface area (Å²) in [6, 6.07) is 6.02. The molecule has 1 saturated heterocycles. The molecular formula is C24H30FN5O2. The Morgan fingerprint density at radius 2 is 2.00 bits per heavy atom. The first-order valence-corrected chi connectivity index (χ1v) is 11.3. The fourth-order valence-corrected chi connectivity index (χ4v) is 4.49. The summed E-state index contributed by atoms with van der Waals surface area (Å²) in [5, 5.41) is 8.51. The van der Waals surface area contributed by atoms with Crippen LogP contribution in [-0.2, 0) is 24.7 Å². The van der Waals surface area contributed by atoms with Crippen LogP contribution in [0.4, 0.5) is 4.39 Å². The smallest absolute Gasteiger partial charge is 0.257 e. The molecule has 0 N–H and O–H groups in total. The van der Waals surface area contributed by atoms with Crippen molar-refractivity contribution in [1.82, 2.24) is 24.8 Å². The van der Waals surface area contributed by atoms with Crippen LogP contribution in [0, 0.1) is 25.6 Å². The highest BCUT2D eigenvalue weighted by Gasteiger charge is 2.24. The van der Waals surface area contributed by atoms with E-state index in [4.69, 9.17) is 4.52 Å². The number of rotatable bonds is 7. The van der Waals surface area contributed by atoms with Crippen LogP contribution in [-0.4, -0.2) is 43.8 Å². The van der Waals surface area contributed by atoms with E-state index in [9.17, 15) is 9.18 Å². The van der Waals surface area contributed by atoms with Crippen LogP contribution < -0.4 is 0 Å². The summed E-state index contributed by atoms with van der Waals surface area (Å²) in [5.74, 6) is 1.41. The maximum Gasteiger partial charge on any atom is 0.257 e. The molecule has 3 heterocycles. The van der Waals surface area contributed by atoms with Crippen LogP contribution in [0.15, 0.2) is 28.8 Å². The van der Waals surface area contributed by atoms with Gasteiger partial charge in [-0.15, -0.1) is 0 Å². The first kappa shape index (κ1) is 22.2. The molecule has 170 valence electrons. The Morgan fingerprint density at radius 1 is 1.22 bits per heavy atom. The van der Waals surface area contributed by atoms with Gasteiger partial charge in [0, 0.05) is 44.2 Å². The van der Waals surface area contributed by atoms with Crippen molar-refractivity contribution in [3.05, 3.63) is 52.9 Å². The molecule has 8 heteroatoms. The molecule has 0 radical (unpaired) electrons. The zero-order valence-corrected chi connectivity index (χ0v) is 19.0. The van der Waals surface area contributed by atoms with E-state index in [1.165, 1.54) is 17.7 Å². The van der Waals surface area contributed by atoms with Crippen molar-refractivity contribution in [3.63, 3.8) is 0 Å². The number of amides is 1. The standard InChI is InChI=1S/C24H30FN5O2/c1-16-21(17(2)29(3)27-16)11-13-23(31)30-14-4-5-18(15-30)6-12-22-26-24(32-28-22)19-7-9-20(25)10-8-19/h7-10,18H,4-6,11-15H2,1-3H3. The SMILES string of the molecule is Cc1nn(C)c(C)c1CCC(=O)N1CCCC(CCc2noc(-c3ccc(F)cc3)n2)C1. The van der Waals surface area contributed by atoms with E-state index in [2.05, 4.69) is 22.2 Å². The molecule has 1 amide bonds. The first-order valence-electron chi connectivity index (χ1n) is 11.3. The van der Waals surface area contributed by atoms with Crippen molar-refractivity contribution < 1.29 is 13.7 Å². The van der Waals surface area contributed by atoms with Gasteiger partial charge in [-0.05, 0) is 75.3 Å². The predicted octanol–water partition coefficient (Wildman–Crippen LogP) is 4.03. The van der Waals surface area contributed by atoms with Crippen LogP contribution in [0.2, 0.25) is 0 Å². The molecule has 3 aromatic rings. The van der Waals surface area contributed by atoms with E-state index in [1.807, 2.05) is 23.6 Å². The molecule has 0 spiro atoms. The first-order chi connectivity index (χ1) is 15.4. The van der Waals surface area contributed by atoms with Crippen LogP contribution in [0.1, 0.15) is 48.5 Å². The van der Waals surface area contributed by atoms with Gasteiger partial charge in [-0.2, -0.15) is 10.1 Å². The minimum Gasteiger partial charge on any atom is -0.342 e. The van der Waals surface area contributed by atoms with E-state index in [-0.39, 0.29) is 11.7 Å². The minimum absolute atomic E-state index is 0.218. The molecule has 1 aliphatic heterocycles. The number of hydrogen-bond donors (Lipinski definition) is 0. The lowest BCUT2D eigenvalue weighted by atomic mass is 9.93. The molecule has 32 heavy (non-hydrogen) atoms. The molecule has 7 nitrogen and oxygen atoms in total. The molecule has 1 unspecified atom stereocenters. The molecule has 1 atom stereocenters. The second-order valence-corrected chi connectivity index (χ2v) is 8.68. The predicted molar refractivity (Wildman–Crippen MR) is 118 cm³/mol. The summed E-state index contributed by atoms with van der Waals surface area (Å²) in [4.78, 5) is 19.3. The summed E-state index contributed by atoms with van der Waals surface area (Å²) in [6.07, 6.45) is 4.99. The van der Waals surface area contributed by atoms with Crippen molar-refractivity contribution in [2.45, 2.75) is 52.4 Å². The molecule has 2 aromatic heterocycles. The second kappa shape index (κ2) is 9.63. The normalized spacial score (nSPS) is 16.5. The van der Waals surface area contributed by atoms with Gasteiger partial charge in [-0.1, -0.05) is 5.16 Å². The maximum atomic E-state index is 13.1. The van der Waals surface area contributed by atoms with Gasteiger partial charge in [0.1, 0.15) is 5.82 Å². The van der Waals surface area contributed by atoms with E-state index in [0.717, 1.165) is 50.2 Å². The third-order valence-corrected chi connectivity index (χ3v) is 6.45. The number of hydrogen-bond acceptors (Lipinski definition) is 5. The monoisotopic (exact) mass is 439 g/mol. The lowest BCUT2D eigenvalue weighted by molar-refractivity contribution is -0.133. The number of carbonyl (C=O) groups is 1. The van der Waals surface area contributed by atoms with Crippen molar-refractivity contribution in [1.29, 1.82) is 0 Å². The van der Waals surface area contributed by atoms with Crippen LogP contribution >= 0.6 is 0 Å². The van der Waals surface area contributed by atoms with Crippen LogP contribution in [0.3, 0.4) is 0 Å². The van der Waals surface area contributed by atoms with E-state index in [1.54, 1.807) is 12.1 Å². The van der Waals surface area contributed by atoms with Crippen molar-refractivity contribution >= 4 is 5.91 Å². The number of aryl methyl sites for hydroxylation is 3. The number of nitrogens with zero attached hydrogens (tertiary/aromatic N) is 5. The van der Waals surface area contributed by atoms with Gasteiger partial charge in [0.05, 0.1) is 5.69 Å². The number of carbonyl (C=O) groups excluding carboxylic acids is 1. The number of piperidine rings is 1. The minimum atomic E-state index is -0.296. The van der Waals surface area contributed by atoms with Gasteiger partial charge < -0.3 is 9.42 Å². The van der Waals surface area contributed by atoms with E-state index < -0.39 is 0 Å².